The lowest BCUT2D eigenvalue weighted by Crippen LogP contribution is -2.39. The van der Waals surface area contributed by atoms with Crippen molar-refractivity contribution in [3.05, 3.63) is 35.6 Å². The summed E-state index contributed by atoms with van der Waals surface area (Å²) in [5.74, 6) is -0.00136. The molecule has 1 aromatic rings. The van der Waals surface area contributed by atoms with E-state index in [2.05, 4.69) is 5.32 Å². The molecule has 2 aliphatic carbocycles. The molecule has 1 N–H and O–H groups in total. The van der Waals surface area contributed by atoms with Crippen LogP contribution in [0.1, 0.15) is 50.3 Å². The molecule has 20 heavy (non-hydrogen) atoms. The number of carbonyl (C=O) groups excluding carboxylic acids is 1. The molecule has 1 amide bonds. The molecular formula is C16H19FN2O. The molecule has 3 fully saturated rings. The Bertz CT molecular complexity index is 549. The molecule has 1 spiro atoms. The van der Waals surface area contributed by atoms with Gasteiger partial charge in [0, 0.05) is 6.04 Å². The summed E-state index contributed by atoms with van der Waals surface area (Å²) >= 11 is 0. The summed E-state index contributed by atoms with van der Waals surface area (Å²) in [5.41, 5.74) is 0.536. The van der Waals surface area contributed by atoms with Crippen LogP contribution in [0.15, 0.2) is 24.3 Å². The van der Waals surface area contributed by atoms with Gasteiger partial charge in [-0.3, -0.25) is 10.1 Å². The van der Waals surface area contributed by atoms with Crippen LogP contribution in [-0.4, -0.2) is 22.4 Å². The van der Waals surface area contributed by atoms with Gasteiger partial charge in [0.1, 0.15) is 17.5 Å². The Balaban J connectivity index is 1.70. The van der Waals surface area contributed by atoms with Crippen molar-refractivity contribution in [2.45, 2.75) is 56.3 Å². The minimum absolute atomic E-state index is 0.149. The first kappa shape index (κ1) is 12.3. The number of nitrogens with one attached hydrogen (secondary N) is 1. The summed E-state index contributed by atoms with van der Waals surface area (Å²) in [4.78, 5) is 14.7. The highest BCUT2D eigenvalue weighted by Crippen LogP contribution is 2.48. The van der Waals surface area contributed by atoms with E-state index in [1.54, 1.807) is 12.1 Å². The Morgan fingerprint density at radius 2 is 2.00 bits per heavy atom. The van der Waals surface area contributed by atoms with E-state index >= 15 is 0 Å². The average Bonchev–Trinajstić information content (AvgIpc) is 2.90. The van der Waals surface area contributed by atoms with Gasteiger partial charge in [-0.05, 0) is 43.4 Å². The molecule has 0 bridgehead atoms. The molecule has 1 saturated heterocycles. The molecule has 1 atom stereocenters. The van der Waals surface area contributed by atoms with Crippen molar-refractivity contribution in [2.75, 3.05) is 0 Å². The maximum atomic E-state index is 13.5. The number of amides is 1. The lowest BCUT2D eigenvalue weighted by molar-refractivity contribution is -0.133. The molecule has 1 aromatic carbocycles. The van der Waals surface area contributed by atoms with E-state index in [9.17, 15) is 9.18 Å². The van der Waals surface area contributed by atoms with Crippen LogP contribution in [-0.2, 0) is 4.79 Å². The predicted molar refractivity (Wildman–Crippen MR) is 73.3 cm³/mol. The van der Waals surface area contributed by atoms with Gasteiger partial charge in [0.05, 0.1) is 0 Å². The maximum absolute atomic E-state index is 13.5. The van der Waals surface area contributed by atoms with Crippen molar-refractivity contribution in [3.8, 4) is 0 Å². The van der Waals surface area contributed by atoms with E-state index in [0.717, 1.165) is 31.2 Å². The highest BCUT2D eigenvalue weighted by molar-refractivity contribution is 5.92. The lowest BCUT2D eigenvalue weighted by Gasteiger charge is -2.30. The smallest absolute Gasteiger partial charge is 0.244 e. The van der Waals surface area contributed by atoms with Crippen LogP contribution in [0.4, 0.5) is 4.39 Å². The molecule has 4 heteroatoms. The Morgan fingerprint density at radius 3 is 2.65 bits per heavy atom. The zero-order valence-corrected chi connectivity index (χ0v) is 11.4. The van der Waals surface area contributed by atoms with E-state index in [4.69, 9.17) is 0 Å². The topological polar surface area (TPSA) is 32.3 Å². The van der Waals surface area contributed by atoms with Crippen LogP contribution in [0.5, 0.6) is 0 Å². The second-order valence-corrected chi connectivity index (χ2v) is 6.33. The second-order valence-electron chi connectivity index (χ2n) is 6.33. The SMILES string of the molecule is O=C1N(C2CCCC2)C(c2cccc(F)c2)NC12CC2. The molecule has 1 unspecified atom stereocenters. The number of rotatable bonds is 2. The summed E-state index contributed by atoms with van der Waals surface area (Å²) in [6.45, 7) is 0. The summed E-state index contributed by atoms with van der Waals surface area (Å²) in [7, 11) is 0. The number of carbonyl (C=O) groups is 1. The second kappa shape index (κ2) is 4.29. The molecule has 0 radical (unpaired) electrons. The van der Waals surface area contributed by atoms with Gasteiger partial charge in [-0.15, -0.1) is 0 Å². The highest BCUT2D eigenvalue weighted by atomic mass is 19.1. The van der Waals surface area contributed by atoms with E-state index < -0.39 is 0 Å². The molecular weight excluding hydrogens is 255 g/mol. The minimum atomic E-state index is -0.334. The third-order valence-corrected chi connectivity index (χ3v) is 4.97. The predicted octanol–water partition coefficient (Wildman–Crippen LogP) is 2.73. The van der Waals surface area contributed by atoms with E-state index in [0.29, 0.717) is 6.04 Å². The van der Waals surface area contributed by atoms with Crippen LogP contribution >= 0.6 is 0 Å². The molecule has 1 heterocycles. The molecule has 1 aliphatic heterocycles. The maximum Gasteiger partial charge on any atom is 0.244 e. The number of benzene rings is 1. The van der Waals surface area contributed by atoms with Crippen molar-refractivity contribution in [3.63, 3.8) is 0 Å². The summed E-state index contributed by atoms with van der Waals surface area (Å²) in [6.07, 6.45) is 6.23. The van der Waals surface area contributed by atoms with Gasteiger partial charge in [-0.1, -0.05) is 25.0 Å². The third kappa shape index (κ3) is 1.78. The molecule has 3 nitrogen and oxygen atoms in total. The third-order valence-electron chi connectivity index (χ3n) is 4.97. The summed E-state index contributed by atoms with van der Waals surface area (Å²) in [6, 6.07) is 6.96. The fourth-order valence-electron chi connectivity index (χ4n) is 3.72. The first-order valence-corrected chi connectivity index (χ1v) is 7.56. The van der Waals surface area contributed by atoms with Crippen molar-refractivity contribution in [1.82, 2.24) is 10.2 Å². The van der Waals surface area contributed by atoms with Crippen LogP contribution < -0.4 is 5.32 Å². The van der Waals surface area contributed by atoms with Crippen LogP contribution in [0.2, 0.25) is 0 Å². The number of hydrogen-bond acceptors (Lipinski definition) is 2. The van der Waals surface area contributed by atoms with Crippen LogP contribution in [0.25, 0.3) is 0 Å². The van der Waals surface area contributed by atoms with Crippen molar-refractivity contribution < 1.29 is 9.18 Å². The standard InChI is InChI=1S/C16H19FN2O/c17-12-5-3-4-11(10-12)14-18-16(8-9-16)15(20)19(14)13-6-1-2-7-13/h3-5,10,13-14,18H,1-2,6-9H2. The van der Waals surface area contributed by atoms with Gasteiger partial charge in [0.25, 0.3) is 0 Å². The molecule has 106 valence electrons. The summed E-state index contributed by atoms with van der Waals surface area (Å²) in [5, 5.41) is 3.47. The van der Waals surface area contributed by atoms with Crippen molar-refractivity contribution in [1.29, 1.82) is 0 Å². The van der Waals surface area contributed by atoms with Crippen molar-refractivity contribution >= 4 is 5.91 Å². The molecule has 2 saturated carbocycles. The average molecular weight is 274 g/mol. The van der Waals surface area contributed by atoms with Crippen molar-refractivity contribution in [2.24, 2.45) is 0 Å². The van der Waals surface area contributed by atoms with Gasteiger partial charge in [0.2, 0.25) is 5.91 Å². The Hall–Kier alpha value is -1.42. The highest BCUT2D eigenvalue weighted by Gasteiger charge is 2.60. The fraction of sp³-hybridized carbons (Fsp3) is 0.562. The van der Waals surface area contributed by atoms with Gasteiger partial charge in [0.15, 0.2) is 0 Å². The van der Waals surface area contributed by atoms with E-state index in [-0.39, 0.29) is 23.4 Å². The Kier molecular flexibility index (Phi) is 2.64. The van der Waals surface area contributed by atoms with Gasteiger partial charge >= 0.3 is 0 Å². The number of halogens is 1. The zero-order chi connectivity index (χ0) is 13.7. The zero-order valence-electron chi connectivity index (χ0n) is 11.4. The fourth-order valence-corrected chi connectivity index (χ4v) is 3.72. The Morgan fingerprint density at radius 1 is 1.25 bits per heavy atom. The van der Waals surface area contributed by atoms with Gasteiger partial charge in [-0.2, -0.15) is 0 Å². The number of nitrogens with zero attached hydrogens (tertiary/aromatic N) is 1. The number of hydrogen-bond donors (Lipinski definition) is 1. The largest absolute Gasteiger partial charge is 0.318 e. The molecule has 0 aromatic heterocycles. The first-order chi connectivity index (χ1) is 9.70. The van der Waals surface area contributed by atoms with E-state index in [1.807, 2.05) is 11.0 Å². The monoisotopic (exact) mass is 274 g/mol. The first-order valence-electron chi connectivity index (χ1n) is 7.56. The lowest BCUT2D eigenvalue weighted by atomic mass is 10.1. The molecule has 3 aliphatic rings. The van der Waals surface area contributed by atoms with Gasteiger partial charge < -0.3 is 4.90 Å². The van der Waals surface area contributed by atoms with E-state index in [1.165, 1.54) is 18.9 Å². The van der Waals surface area contributed by atoms with Crippen LogP contribution in [0.3, 0.4) is 0 Å². The quantitative estimate of drug-likeness (QED) is 0.899. The van der Waals surface area contributed by atoms with Gasteiger partial charge in [-0.25, -0.2) is 4.39 Å². The Labute approximate surface area is 118 Å². The normalized spacial score (nSPS) is 28.6. The van der Waals surface area contributed by atoms with Crippen LogP contribution in [0, 0.1) is 5.82 Å². The molecule has 4 rings (SSSR count). The summed E-state index contributed by atoms with van der Waals surface area (Å²) < 4.78 is 13.5. The minimum Gasteiger partial charge on any atom is -0.318 e.